The largest absolute Gasteiger partial charge is 0.342 e. The molecule has 3 rings (SSSR count). The maximum atomic E-state index is 14.7. The summed E-state index contributed by atoms with van der Waals surface area (Å²) in [4.78, 5) is 26.3. The van der Waals surface area contributed by atoms with Crippen LogP contribution < -0.4 is 16.0 Å². The third-order valence-electron chi connectivity index (χ3n) is 5.67. The van der Waals surface area contributed by atoms with Crippen molar-refractivity contribution < 1.29 is 14.0 Å². The number of guanidine groups is 1. The molecule has 1 aliphatic rings. The quantitative estimate of drug-likeness (QED) is 0.479. The Labute approximate surface area is 198 Å². The van der Waals surface area contributed by atoms with Crippen LogP contribution in [0.3, 0.4) is 0 Å². The Morgan fingerprint density at radius 2 is 1.88 bits per heavy atom. The fourth-order valence-corrected chi connectivity index (χ4v) is 4.10. The van der Waals surface area contributed by atoms with Crippen molar-refractivity contribution in [2.24, 2.45) is 5.92 Å². The average Bonchev–Trinajstić information content (AvgIpc) is 2.99. The van der Waals surface area contributed by atoms with E-state index in [1.54, 1.807) is 43.3 Å². The third kappa shape index (κ3) is 5.70. The van der Waals surface area contributed by atoms with Crippen LogP contribution in [-0.2, 0) is 24.4 Å². The number of amides is 3. The summed E-state index contributed by atoms with van der Waals surface area (Å²) in [7, 11) is 0. The van der Waals surface area contributed by atoms with Crippen molar-refractivity contribution in [3.63, 3.8) is 0 Å². The van der Waals surface area contributed by atoms with Crippen LogP contribution in [0.25, 0.3) is 0 Å². The molecular weight excluding hydrogens is 435 g/mol. The van der Waals surface area contributed by atoms with Gasteiger partial charge >= 0.3 is 6.03 Å². The highest BCUT2D eigenvalue weighted by atomic mass is 19.1. The van der Waals surface area contributed by atoms with Gasteiger partial charge in [-0.15, -0.1) is 0 Å². The van der Waals surface area contributed by atoms with Gasteiger partial charge in [-0.3, -0.25) is 15.1 Å². The molecule has 0 bridgehead atoms. The number of hydrogen-bond donors (Lipinski definition) is 4. The van der Waals surface area contributed by atoms with Crippen molar-refractivity contribution in [3.8, 4) is 6.07 Å². The van der Waals surface area contributed by atoms with Crippen molar-refractivity contribution >= 4 is 17.9 Å². The Hall–Kier alpha value is -3.93. The fourth-order valence-electron chi connectivity index (χ4n) is 4.10. The number of nitrogens with zero attached hydrogens (tertiary/aromatic N) is 2. The summed E-state index contributed by atoms with van der Waals surface area (Å²) in [5, 5.41) is 25.5. The topological polar surface area (TPSA) is 121 Å². The minimum atomic E-state index is -0.839. The molecule has 2 aromatic rings. The first-order valence-corrected chi connectivity index (χ1v) is 11.1. The molecule has 0 spiro atoms. The molecule has 0 aromatic heterocycles. The second kappa shape index (κ2) is 10.3. The first-order chi connectivity index (χ1) is 16.1. The molecule has 4 N–H and O–H groups in total. The summed E-state index contributed by atoms with van der Waals surface area (Å²) in [6.45, 7) is 6.05. The summed E-state index contributed by atoms with van der Waals surface area (Å²) in [6, 6.07) is 13.1. The molecule has 1 fully saturated rings. The van der Waals surface area contributed by atoms with Gasteiger partial charge in [-0.25, -0.2) is 9.18 Å². The Morgan fingerprint density at radius 1 is 1.21 bits per heavy atom. The lowest BCUT2D eigenvalue weighted by Crippen LogP contribution is -2.44. The Morgan fingerprint density at radius 3 is 2.53 bits per heavy atom. The van der Waals surface area contributed by atoms with Crippen molar-refractivity contribution in [1.82, 2.24) is 20.9 Å². The Balaban J connectivity index is 1.56. The van der Waals surface area contributed by atoms with Gasteiger partial charge in [0.15, 0.2) is 5.96 Å². The first-order valence-electron chi connectivity index (χ1n) is 11.1. The van der Waals surface area contributed by atoms with E-state index in [0.29, 0.717) is 28.7 Å². The van der Waals surface area contributed by atoms with E-state index in [-0.39, 0.29) is 37.4 Å². The van der Waals surface area contributed by atoms with Crippen LogP contribution in [0.1, 0.15) is 49.4 Å². The first kappa shape index (κ1) is 24.7. The van der Waals surface area contributed by atoms with Crippen LogP contribution in [-0.4, -0.2) is 28.3 Å². The molecule has 0 aliphatic carbocycles. The zero-order valence-corrected chi connectivity index (χ0v) is 19.5. The Kier molecular flexibility index (Phi) is 7.51. The third-order valence-corrected chi connectivity index (χ3v) is 5.67. The predicted octanol–water partition coefficient (Wildman–Crippen LogP) is 3.37. The van der Waals surface area contributed by atoms with Gasteiger partial charge in [0.1, 0.15) is 11.4 Å². The molecule has 1 unspecified atom stereocenters. The highest BCUT2D eigenvalue weighted by Gasteiger charge is 2.45. The van der Waals surface area contributed by atoms with E-state index in [2.05, 4.69) is 22.0 Å². The van der Waals surface area contributed by atoms with E-state index >= 15 is 0 Å². The van der Waals surface area contributed by atoms with Gasteiger partial charge < -0.3 is 16.0 Å². The lowest BCUT2D eigenvalue weighted by molar-refractivity contribution is -0.131. The zero-order chi connectivity index (χ0) is 24.9. The number of urea groups is 1. The average molecular weight is 465 g/mol. The van der Waals surface area contributed by atoms with E-state index in [1.807, 2.05) is 13.8 Å². The van der Waals surface area contributed by atoms with Crippen LogP contribution >= 0.6 is 0 Å². The van der Waals surface area contributed by atoms with Crippen LogP contribution in [0.5, 0.6) is 0 Å². The van der Waals surface area contributed by atoms with E-state index in [9.17, 15) is 14.0 Å². The lowest BCUT2D eigenvalue weighted by Gasteiger charge is -2.24. The standard InChI is InChI=1S/C25H29FN6O2/c1-16(2)11-25(3)22(33)32(23(28)31-25)15-17-8-9-20(21(26)10-17)14-30-24(34)29-13-19-7-5-4-6-18(19)12-27/h4-10,16H,11,13-15H2,1-3H3,(H2,28,31)(H2,29,30,34). The van der Waals surface area contributed by atoms with Crippen LogP contribution in [0.2, 0.25) is 0 Å². The number of carbonyl (C=O) groups is 2. The molecule has 178 valence electrons. The molecule has 34 heavy (non-hydrogen) atoms. The normalized spacial score (nSPS) is 17.5. The number of nitriles is 1. The summed E-state index contributed by atoms with van der Waals surface area (Å²) in [5.41, 5.74) is 1.18. The second-order valence-corrected chi connectivity index (χ2v) is 9.03. The maximum absolute atomic E-state index is 14.7. The Bertz CT molecular complexity index is 1140. The molecule has 3 amide bonds. The van der Waals surface area contributed by atoms with Gasteiger partial charge in [-0.2, -0.15) is 5.26 Å². The van der Waals surface area contributed by atoms with Crippen LogP contribution in [0.15, 0.2) is 42.5 Å². The fraction of sp³-hybridized carbons (Fsp3) is 0.360. The lowest BCUT2D eigenvalue weighted by atomic mass is 9.91. The molecule has 1 aliphatic heterocycles. The van der Waals surface area contributed by atoms with Crippen molar-refractivity contribution in [1.29, 1.82) is 10.7 Å². The molecule has 9 heteroatoms. The van der Waals surface area contributed by atoms with Gasteiger partial charge in [0.25, 0.3) is 5.91 Å². The van der Waals surface area contributed by atoms with Gasteiger partial charge in [-0.05, 0) is 42.5 Å². The summed E-state index contributed by atoms with van der Waals surface area (Å²) in [6.07, 6.45) is 0.591. The van der Waals surface area contributed by atoms with Crippen molar-refractivity contribution in [3.05, 3.63) is 70.5 Å². The number of nitrogens with one attached hydrogen (secondary N) is 4. The van der Waals surface area contributed by atoms with Crippen molar-refractivity contribution in [2.45, 2.75) is 52.4 Å². The zero-order valence-electron chi connectivity index (χ0n) is 19.5. The minimum absolute atomic E-state index is 0.00828. The minimum Gasteiger partial charge on any atom is -0.342 e. The molecule has 0 saturated carbocycles. The number of benzene rings is 2. The summed E-state index contributed by atoms with van der Waals surface area (Å²) >= 11 is 0. The maximum Gasteiger partial charge on any atom is 0.315 e. The van der Waals surface area contributed by atoms with E-state index in [0.717, 1.165) is 0 Å². The summed E-state index contributed by atoms with van der Waals surface area (Å²) in [5.74, 6) is -0.429. The van der Waals surface area contributed by atoms with Crippen LogP contribution in [0.4, 0.5) is 9.18 Å². The van der Waals surface area contributed by atoms with E-state index in [4.69, 9.17) is 10.7 Å². The van der Waals surface area contributed by atoms with E-state index < -0.39 is 17.4 Å². The van der Waals surface area contributed by atoms with Crippen LogP contribution in [0, 0.1) is 28.5 Å². The molecule has 0 radical (unpaired) electrons. The van der Waals surface area contributed by atoms with Crippen molar-refractivity contribution in [2.75, 3.05) is 0 Å². The monoisotopic (exact) mass is 464 g/mol. The highest BCUT2D eigenvalue weighted by Crippen LogP contribution is 2.26. The van der Waals surface area contributed by atoms with Gasteiger partial charge in [0.05, 0.1) is 18.2 Å². The number of rotatable bonds is 8. The molecule has 2 aromatic carbocycles. The smallest absolute Gasteiger partial charge is 0.315 e. The van der Waals surface area contributed by atoms with E-state index in [1.165, 1.54) is 11.0 Å². The predicted molar refractivity (Wildman–Crippen MR) is 126 cm³/mol. The van der Waals surface area contributed by atoms with Gasteiger partial charge in [0.2, 0.25) is 0 Å². The highest BCUT2D eigenvalue weighted by molar-refractivity contribution is 6.07. The van der Waals surface area contributed by atoms with Gasteiger partial charge in [-0.1, -0.05) is 44.2 Å². The number of hydrogen-bond acceptors (Lipinski definition) is 4. The number of halogens is 1. The SMILES string of the molecule is CC(C)CC1(C)NC(=N)N(Cc2ccc(CNC(=O)NCc3ccccc3C#N)c(F)c2)C1=O. The molecule has 8 nitrogen and oxygen atoms in total. The molecular formula is C25H29FN6O2. The summed E-state index contributed by atoms with van der Waals surface area (Å²) < 4.78 is 14.7. The number of carbonyl (C=O) groups excluding carboxylic acids is 2. The second-order valence-electron chi connectivity index (χ2n) is 9.03. The molecule has 1 heterocycles. The molecule has 1 atom stereocenters. The van der Waals surface area contributed by atoms with Gasteiger partial charge in [0, 0.05) is 18.7 Å². The molecule has 1 saturated heterocycles.